The predicted octanol–water partition coefficient (Wildman–Crippen LogP) is 1.10. The highest BCUT2D eigenvalue weighted by atomic mass is 16.4. The van der Waals surface area contributed by atoms with Crippen LogP contribution in [0, 0.1) is 0 Å². The van der Waals surface area contributed by atoms with Crippen molar-refractivity contribution in [3.8, 4) is 5.69 Å². The van der Waals surface area contributed by atoms with Gasteiger partial charge in [-0.1, -0.05) is 11.5 Å². The highest BCUT2D eigenvalue weighted by Gasteiger charge is 2.10. The summed E-state index contributed by atoms with van der Waals surface area (Å²) < 4.78 is 1.80. The first-order valence-corrected chi connectivity index (χ1v) is 5.92. The number of aromatic carboxylic acids is 1. The fourth-order valence-electron chi connectivity index (χ4n) is 2.11. The normalized spacial score (nSPS) is 10.8. The molecule has 5 nitrogen and oxygen atoms in total. The van der Waals surface area contributed by atoms with Gasteiger partial charge in [-0.25, -0.2) is 9.78 Å². The van der Waals surface area contributed by atoms with E-state index in [1.54, 1.807) is 35.2 Å². The van der Waals surface area contributed by atoms with Crippen molar-refractivity contribution in [2.24, 2.45) is 0 Å². The van der Waals surface area contributed by atoms with Gasteiger partial charge in [0.2, 0.25) is 0 Å². The number of hydrogen-bond donors (Lipinski definition) is 2. The maximum Gasteiger partial charge on any atom is 0.335 e. The largest absolute Gasteiger partial charge is 0.478 e. The zero-order valence-corrected chi connectivity index (χ0v) is 10.4. The van der Waals surface area contributed by atoms with Crippen molar-refractivity contribution in [3.63, 3.8) is 0 Å². The molecule has 0 fully saturated rings. The zero-order valence-electron chi connectivity index (χ0n) is 10.4. The highest BCUT2D eigenvalue weighted by molar-refractivity contribution is 6.33. The third kappa shape index (κ3) is 1.91. The number of aromatic nitrogens is 2. The summed E-state index contributed by atoms with van der Waals surface area (Å²) in [6.07, 6.45) is 3.30. The maximum absolute atomic E-state index is 10.8. The SMILES string of the molecule is [B]c1cnc2c(c1)c(N)cn2-c1ccc(C(=O)O)cc1. The lowest BCUT2D eigenvalue weighted by atomic mass is 9.98. The van der Waals surface area contributed by atoms with Gasteiger partial charge in [0.1, 0.15) is 13.5 Å². The Labute approximate surface area is 116 Å². The average molecular weight is 263 g/mol. The molecule has 3 N–H and O–H groups in total. The molecule has 0 bridgehead atoms. The van der Waals surface area contributed by atoms with Gasteiger partial charge in [-0.05, 0) is 24.3 Å². The summed E-state index contributed by atoms with van der Waals surface area (Å²) in [5.41, 5.74) is 8.77. The summed E-state index contributed by atoms with van der Waals surface area (Å²) >= 11 is 0. The number of benzene rings is 1. The molecule has 0 aliphatic carbocycles. The van der Waals surface area contributed by atoms with E-state index < -0.39 is 5.97 Å². The molecular formula is C14H10BN3O2. The number of anilines is 1. The van der Waals surface area contributed by atoms with Gasteiger partial charge in [0.05, 0.1) is 11.3 Å². The maximum atomic E-state index is 10.8. The Morgan fingerprint density at radius 2 is 2.00 bits per heavy atom. The monoisotopic (exact) mass is 263 g/mol. The molecule has 3 rings (SSSR count). The molecule has 0 saturated heterocycles. The summed E-state index contributed by atoms with van der Waals surface area (Å²) in [6, 6.07) is 8.26. The third-order valence-electron chi connectivity index (χ3n) is 3.09. The molecule has 3 aromatic rings. The second kappa shape index (κ2) is 4.41. The van der Waals surface area contributed by atoms with Crippen LogP contribution in [0.2, 0.25) is 0 Å². The number of nitrogens with zero attached hydrogens (tertiary/aromatic N) is 2. The molecule has 0 unspecified atom stereocenters. The Balaban J connectivity index is 2.17. The van der Waals surface area contributed by atoms with E-state index >= 15 is 0 Å². The van der Waals surface area contributed by atoms with Gasteiger partial charge in [-0.3, -0.25) is 4.57 Å². The minimum atomic E-state index is -0.959. The minimum absolute atomic E-state index is 0.232. The van der Waals surface area contributed by atoms with Gasteiger partial charge in [0.15, 0.2) is 0 Å². The van der Waals surface area contributed by atoms with E-state index in [-0.39, 0.29) is 5.56 Å². The summed E-state index contributed by atoms with van der Waals surface area (Å²) in [6.45, 7) is 0. The van der Waals surface area contributed by atoms with E-state index in [2.05, 4.69) is 4.98 Å². The van der Waals surface area contributed by atoms with Gasteiger partial charge in [-0.2, -0.15) is 0 Å². The summed E-state index contributed by atoms with van der Waals surface area (Å²) in [4.78, 5) is 15.1. The standard InChI is InChI=1S/C14H10BN3O2/c15-9-5-11-12(16)7-18(13(11)17-6-9)10-3-1-8(2-4-10)14(19)20/h1-7H,16H2,(H,19,20). The van der Waals surface area contributed by atoms with Crippen LogP contribution >= 0.6 is 0 Å². The number of carbonyl (C=O) groups is 1. The van der Waals surface area contributed by atoms with Gasteiger partial charge < -0.3 is 10.8 Å². The molecule has 20 heavy (non-hydrogen) atoms. The van der Waals surface area contributed by atoms with E-state index in [1.165, 1.54) is 12.1 Å². The first-order valence-electron chi connectivity index (χ1n) is 5.92. The van der Waals surface area contributed by atoms with Gasteiger partial charge in [-0.15, -0.1) is 0 Å². The number of nitrogens with two attached hydrogens (primary N) is 1. The summed E-state index contributed by atoms with van der Waals surface area (Å²) in [7, 11) is 5.70. The molecule has 0 saturated carbocycles. The predicted molar refractivity (Wildman–Crippen MR) is 77.8 cm³/mol. The number of rotatable bonds is 2. The van der Waals surface area contributed by atoms with Crippen LogP contribution in [0.15, 0.2) is 42.7 Å². The van der Waals surface area contributed by atoms with Crippen LogP contribution in [0.5, 0.6) is 0 Å². The number of carboxylic acids is 1. The Hall–Kier alpha value is -2.76. The van der Waals surface area contributed by atoms with Gasteiger partial charge in [0.25, 0.3) is 0 Å². The van der Waals surface area contributed by atoms with Crippen molar-refractivity contribution in [1.29, 1.82) is 0 Å². The third-order valence-corrected chi connectivity index (χ3v) is 3.09. The van der Waals surface area contributed by atoms with Crippen molar-refractivity contribution >= 4 is 36.0 Å². The second-order valence-corrected chi connectivity index (χ2v) is 4.45. The smallest absolute Gasteiger partial charge is 0.335 e. The molecule has 2 heterocycles. The first kappa shape index (κ1) is 12.3. The Morgan fingerprint density at radius 1 is 1.30 bits per heavy atom. The van der Waals surface area contributed by atoms with Crippen molar-refractivity contribution in [2.45, 2.75) is 0 Å². The van der Waals surface area contributed by atoms with Gasteiger partial charge >= 0.3 is 5.97 Å². The van der Waals surface area contributed by atoms with E-state index in [0.717, 1.165) is 11.1 Å². The number of nitrogen functional groups attached to an aromatic ring is 1. The molecular weight excluding hydrogens is 253 g/mol. The quantitative estimate of drug-likeness (QED) is 0.678. The van der Waals surface area contributed by atoms with Crippen LogP contribution < -0.4 is 11.2 Å². The van der Waals surface area contributed by atoms with Crippen molar-refractivity contribution in [1.82, 2.24) is 9.55 Å². The van der Waals surface area contributed by atoms with Crippen LogP contribution in [-0.2, 0) is 0 Å². The molecule has 0 aliphatic rings. The highest BCUT2D eigenvalue weighted by Crippen LogP contribution is 2.24. The lowest BCUT2D eigenvalue weighted by molar-refractivity contribution is 0.0697. The minimum Gasteiger partial charge on any atom is -0.478 e. The lowest BCUT2D eigenvalue weighted by Gasteiger charge is -2.05. The molecule has 2 aromatic heterocycles. The molecule has 96 valence electrons. The molecule has 2 radical (unpaired) electrons. The number of carboxylic acid groups (broad SMARTS) is 1. The zero-order chi connectivity index (χ0) is 14.3. The fourth-order valence-corrected chi connectivity index (χ4v) is 2.11. The number of pyridine rings is 1. The topological polar surface area (TPSA) is 81.1 Å². The van der Waals surface area contributed by atoms with Gasteiger partial charge in [0, 0.05) is 23.5 Å². The number of hydrogen-bond acceptors (Lipinski definition) is 3. The molecule has 0 spiro atoms. The summed E-state index contributed by atoms with van der Waals surface area (Å²) in [5.74, 6) is -0.959. The van der Waals surface area contributed by atoms with E-state index in [4.69, 9.17) is 18.7 Å². The van der Waals surface area contributed by atoms with Crippen molar-refractivity contribution in [2.75, 3.05) is 5.73 Å². The molecule has 1 aromatic carbocycles. The van der Waals surface area contributed by atoms with E-state index in [9.17, 15) is 4.79 Å². The molecule has 0 atom stereocenters. The Bertz CT molecular complexity index is 809. The molecule has 0 aliphatic heterocycles. The lowest BCUT2D eigenvalue weighted by Crippen LogP contribution is -2.03. The molecule has 6 heteroatoms. The van der Waals surface area contributed by atoms with Crippen molar-refractivity contribution in [3.05, 3.63) is 48.3 Å². The van der Waals surface area contributed by atoms with Crippen LogP contribution in [0.1, 0.15) is 10.4 Å². The first-order chi connectivity index (χ1) is 9.56. The van der Waals surface area contributed by atoms with Crippen LogP contribution in [0.4, 0.5) is 5.69 Å². The molecule has 0 amide bonds. The van der Waals surface area contributed by atoms with Crippen LogP contribution in [0.25, 0.3) is 16.7 Å². The summed E-state index contributed by atoms with van der Waals surface area (Å²) in [5, 5.41) is 9.67. The fraction of sp³-hybridized carbons (Fsp3) is 0. The van der Waals surface area contributed by atoms with Crippen LogP contribution in [-0.4, -0.2) is 28.5 Å². The Morgan fingerprint density at radius 3 is 2.65 bits per heavy atom. The van der Waals surface area contributed by atoms with E-state index in [1.807, 2.05) is 0 Å². The Kier molecular flexibility index (Phi) is 2.71. The van der Waals surface area contributed by atoms with Crippen molar-refractivity contribution < 1.29 is 9.90 Å². The average Bonchev–Trinajstić information content (AvgIpc) is 2.76. The number of fused-ring (bicyclic) bond motifs is 1. The second-order valence-electron chi connectivity index (χ2n) is 4.45. The van der Waals surface area contributed by atoms with E-state index in [0.29, 0.717) is 16.8 Å². The van der Waals surface area contributed by atoms with Crippen LogP contribution in [0.3, 0.4) is 0 Å².